The molecule has 7 heteroatoms. The molecule has 0 bridgehead atoms. The van der Waals surface area contributed by atoms with E-state index in [0.717, 1.165) is 18.0 Å². The number of nitrogens with zero attached hydrogens (tertiary/aromatic N) is 2. The second-order valence-electron chi connectivity index (χ2n) is 5.76. The predicted molar refractivity (Wildman–Crippen MR) is 98.0 cm³/mol. The number of hydrogen-bond donors (Lipinski definition) is 1. The molecule has 0 atom stereocenters. The van der Waals surface area contributed by atoms with Crippen LogP contribution in [0.4, 0.5) is 9.39 Å². The fraction of sp³-hybridized carbons (Fsp3) is 0.333. The number of hydrazone groups is 1. The molecule has 1 fully saturated rings. The van der Waals surface area contributed by atoms with Crippen LogP contribution in [0.15, 0.2) is 41.5 Å². The van der Waals surface area contributed by atoms with Crippen LogP contribution in [0.25, 0.3) is 0 Å². The lowest BCUT2D eigenvalue weighted by atomic mass is 10.1. The molecule has 1 N–H and O–H groups in total. The molecule has 0 radical (unpaired) electrons. The van der Waals surface area contributed by atoms with Crippen molar-refractivity contribution in [3.8, 4) is 5.75 Å². The average molecular weight is 361 g/mol. The molecule has 2 heterocycles. The third-order valence-electron chi connectivity index (χ3n) is 3.83. The highest BCUT2D eigenvalue weighted by atomic mass is 32.1. The van der Waals surface area contributed by atoms with E-state index in [0.29, 0.717) is 5.75 Å². The first-order valence-corrected chi connectivity index (χ1v) is 9.07. The number of rotatable bonds is 6. The van der Waals surface area contributed by atoms with Crippen LogP contribution in [0.2, 0.25) is 0 Å². The third kappa shape index (κ3) is 5.29. The molecule has 2 aromatic rings. The lowest BCUT2D eigenvalue weighted by Gasteiger charge is -2.27. The highest BCUT2D eigenvalue weighted by Crippen LogP contribution is 2.27. The van der Waals surface area contributed by atoms with Gasteiger partial charge in [-0.3, -0.25) is 4.79 Å². The molecule has 1 aliphatic heterocycles. The largest absolute Gasteiger partial charge is 0.484 e. The molecule has 1 aromatic heterocycles. The summed E-state index contributed by atoms with van der Waals surface area (Å²) in [6.45, 7) is 1.99. The van der Waals surface area contributed by atoms with Gasteiger partial charge >= 0.3 is 0 Å². The van der Waals surface area contributed by atoms with Gasteiger partial charge in [-0.1, -0.05) is 6.07 Å². The van der Waals surface area contributed by atoms with E-state index < -0.39 is 11.7 Å². The normalized spacial score (nSPS) is 14.7. The minimum Gasteiger partial charge on any atom is -0.484 e. The molecule has 3 rings (SSSR count). The number of carbonyl (C=O) groups is 1. The zero-order valence-corrected chi connectivity index (χ0v) is 14.6. The highest BCUT2D eigenvalue weighted by Gasteiger charge is 2.12. The van der Waals surface area contributed by atoms with Crippen molar-refractivity contribution in [3.05, 3.63) is 47.1 Å². The standard InChI is InChI=1S/C18H20FN3O2S/c19-14-5-4-6-15(11-14)24-13-17(23)21-20-12-16-7-8-18(25-16)22-9-2-1-3-10-22/h4-8,11-12H,1-3,9-10,13H2,(H,21,23)/b20-12-. The maximum Gasteiger partial charge on any atom is 0.277 e. The minimum atomic E-state index is -0.405. The quantitative estimate of drug-likeness (QED) is 0.634. The van der Waals surface area contributed by atoms with E-state index in [2.05, 4.69) is 21.5 Å². The Balaban J connectivity index is 1.44. The SMILES string of the molecule is O=C(COc1cccc(F)c1)N/N=C\c1ccc(N2CCCCC2)s1. The van der Waals surface area contributed by atoms with Gasteiger partial charge in [-0.15, -0.1) is 11.3 Å². The Bertz CT molecular complexity index is 741. The van der Waals surface area contributed by atoms with Crippen LogP contribution in [-0.2, 0) is 4.79 Å². The average Bonchev–Trinajstić information content (AvgIpc) is 3.10. The van der Waals surface area contributed by atoms with Crippen LogP contribution in [-0.4, -0.2) is 31.8 Å². The number of piperidine rings is 1. The molecule has 1 aliphatic rings. The molecule has 132 valence electrons. The number of anilines is 1. The van der Waals surface area contributed by atoms with Crippen LogP contribution >= 0.6 is 11.3 Å². The maximum absolute atomic E-state index is 13.0. The van der Waals surface area contributed by atoms with Crippen molar-refractivity contribution >= 4 is 28.5 Å². The monoisotopic (exact) mass is 361 g/mol. The van der Waals surface area contributed by atoms with Gasteiger partial charge in [0.1, 0.15) is 11.6 Å². The van der Waals surface area contributed by atoms with Gasteiger partial charge in [0, 0.05) is 24.0 Å². The number of nitrogens with one attached hydrogen (secondary N) is 1. The van der Waals surface area contributed by atoms with Gasteiger partial charge in [0.05, 0.1) is 11.2 Å². The Kier molecular flexibility index (Phi) is 6.00. The summed E-state index contributed by atoms with van der Waals surface area (Å²) >= 11 is 1.66. The number of carbonyl (C=O) groups excluding carboxylic acids is 1. The molecule has 0 aliphatic carbocycles. The zero-order valence-electron chi connectivity index (χ0n) is 13.8. The Morgan fingerprint density at radius 1 is 1.28 bits per heavy atom. The third-order valence-corrected chi connectivity index (χ3v) is 4.91. The van der Waals surface area contributed by atoms with Crippen molar-refractivity contribution in [3.63, 3.8) is 0 Å². The van der Waals surface area contributed by atoms with E-state index in [1.54, 1.807) is 23.6 Å². The fourth-order valence-electron chi connectivity index (χ4n) is 2.60. The second kappa shape index (κ2) is 8.62. The highest BCUT2D eigenvalue weighted by molar-refractivity contribution is 7.17. The predicted octanol–water partition coefficient (Wildman–Crippen LogP) is 3.41. The first kappa shape index (κ1) is 17.4. The minimum absolute atomic E-state index is 0.218. The summed E-state index contributed by atoms with van der Waals surface area (Å²) in [6, 6.07) is 9.74. The lowest BCUT2D eigenvalue weighted by Crippen LogP contribution is -2.28. The van der Waals surface area contributed by atoms with Gasteiger partial charge in [-0.25, -0.2) is 9.82 Å². The van der Waals surface area contributed by atoms with Crippen molar-refractivity contribution in [1.82, 2.24) is 5.43 Å². The molecule has 5 nitrogen and oxygen atoms in total. The second-order valence-corrected chi connectivity index (χ2v) is 6.86. The Morgan fingerprint density at radius 2 is 2.12 bits per heavy atom. The number of ether oxygens (including phenoxy) is 1. The summed E-state index contributed by atoms with van der Waals surface area (Å²) in [4.78, 5) is 15.1. The van der Waals surface area contributed by atoms with Gasteiger partial charge in [0.25, 0.3) is 5.91 Å². The van der Waals surface area contributed by atoms with Crippen LogP contribution in [0.5, 0.6) is 5.75 Å². The van der Waals surface area contributed by atoms with Crippen molar-refractivity contribution in [1.29, 1.82) is 0 Å². The number of halogens is 1. The number of thiophene rings is 1. The summed E-state index contributed by atoms with van der Waals surface area (Å²) in [6.07, 6.45) is 5.41. The molecule has 1 saturated heterocycles. The Hall–Kier alpha value is -2.41. The van der Waals surface area contributed by atoms with Crippen molar-refractivity contribution in [2.45, 2.75) is 19.3 Å². The molecule has 0 saturated carbocycles. The first-order chi connectivity index (χ1) is 12.2. The van der Waals surface area contributed by atoms with Crippen LogP contribution in [0.1, 0.15) is 24.1 Å². The van der Waals surface area contributed by atoms with Gasteiger partial charge in [-0.05, 0) is 43.5 Å². The van der Waals surface area contributed by atoms with Crippen LogP contribution in [0.3, 0.4) is 0 Å². The van der Waals surface area contributed by atoms with Gasteiger partial charge in [0.15, 0.2) is 6.61 Å². The van der Waals surface area contributed by atoms with E-state index in [4.69, 9.17) is 4.74 Å². The van der Waals surface area contributed by atoms with Crippen LogP contribution in [0, 0.1) is 5.82 Å². The zero-order chi connectivity index (χ0) is 17.5. The van der Waals surface area contributed by atoms with Crippen molar-refractivity contribution in [2.75, 3.05) is 24.6 Å². The topological polar surface area (TPSA) is 53.9 Å². The summed E-state index contributed by atoms with van der Waals surface area (Å²) in [5.41, 5.74) is 2.41. The smallest absolute Gasteiger partial charge is 0.277 e. The van der Waals surface area contributed by atoms with Gasteiger partial charge < -0.3 is 9.64 Å². The summed E-state index contributed by atoms with van der Waals surface area (Å²) < 4.78 is 18.2. The van der Waals surface area contributed by atoms with Crippen LogP contribution < -0.4 is 15.1 Å². The van der Waals surface area contributed by atoms with E-state index in [-0.39, 0.29) is 6.61 Å². The number of hydrogen-bond acceptors (Lipinski definition) is 5. The van der Waals surface area contributed by atoms with Gasteiger partial charge in [0.2, 0.25) is 0 Å². The summed E-state index contributed by atoms with van der Waals surface area (Å²) in [7, 11) is 0. The molecular weight excluding hydrogens is 341 g/mol. The van der Waals surface area contributed by atoms with Crippen molar-refractivity contribution < 1.29 is 13.9 Å². The molecular formula is C18H20FN3O2S. The van der Waals surface area contributed by atoms with E-state index in [1.165, 1.54) is 42.5 Å². The maximum atomic E-state index is 13.0. The van der Waals surface area contributed by atoms with E-state index >= 15 is 0 Å². The number of benzene rings is 1. The lowest BCUT2D eigenvalue weighted by molar-refractivity contribution is -0.123. The molecule has 25 heavy (non-hydrogen) atoms. The van der Waals surface area contributed by atoms with Gasteiger partial charge in [-0.2, -0.15) is 5.10 Å². The molecule has 0 unspecified atom stereocenters. The van der Waals surface area contributed by atoms with E-state index in [9.17, 15) is 9.18 Å². The Labute approximate surface area is 150 Å². The first-order valence-electron chi connectivity index (χ1n) is 8.26. The molecule has 1 aromatic carbocycles. The molecule has 1 amide bonds. The summed E-state index contributed by atoms with van der Waals surface area (Å²) in [5, 5.41) is 5.18. The van der Waals surface area contributed by atoms with Crippen molar-refractivity contribution in [2.24, 2.45) is 5.10 Å². The fourth-order valence-corrected chi connectivity index (χ4v) is 3.53. The molecule has 0 spiro atoms. The summed E-state index contributed by atoms with van der Waals surface area (Å²) in [5.74, 6) is -0.491. The van der Waals surface area contributed by atoms with E-state index in [1.807, 2.05) is 6.07 Å². The Morgan fingerprint density at radius 3 is 2.92 bits per heavy atom. The number of amides is 1.